The zero-order valence-corrected chi connectivity index (χ0v) is 13.9. The van der Waals surface area contributed by atoms with Gasteiger partial charge < -0.3 is 9.64 Å². The Morgan fingerprint density at radius 2 is 1.83 bits per heavy atom. The highest BCUT2D eigenvalue weighted by atomic mass is 16.6. The Hall–Kier alpha value is -1.91. The number of ether oxygens (including phenoxy) is 1. The molecule has 0 aromatic carbocycles. The van der Waals surface area contributed by atoms with Crippen molar-refractivity contribution in [2.45, 2.75) is 56.5 Å². The monoisotopic (exact) mass is 328 g/mol. The van der Waals surface area contributed by atoms with Gasteiger partial charge in [-0.05, 0) is 62.1 Å². The highest BCUT2D eigenvalue weighted by molar-refractivity contribution is 5.88. The van der Waals surface area contributed by atoms with E-state index in [0.29, 0.717) is 5.92 Å². The topological polar surface area (TPSA) is 59.5 Å². The van der Waals surface area contributed by atoms with Crippen molar-refractivity contribution in [1.82, 2.24) is 9.88 Å². The second-order valence-electron chi connectivity index (χ2n) is 7.38. The average molecular weight is 328 g/mol. The molecule has 1 aromatic rings. The van der Waals surface area contributed by atoms with Crippen LogP contribution in [0.2, 0.25) is 0 Å². The third-order valence-corrected chi connectivity index (χ3v) is 6.06. The van der Waals surface area contributed by atoms with Crippen molar-refractivity contribution in [3.8, 4) is 0 Å². The quantitative estimate of drug-likeness (QED) is 0.783. The highest BCUT2D eigenvalue weighted by Gasteiger charge is 2.54. The lowest BCUT2D eigenvalue weighted by Gasteiger charge is -2.36. The Morgan fingerprint density at radius 1 is 1.17 bits per heavy atom. The number of hydrogen-bond donors (Lipinski definition) is 0. The smallest absolute Gasteiger partial charge is 0.307 e. The average Bonchev–Trinajstić information content (AvgIpc) is 3.22. The molecule has 0 N–H and O–H groups in total. The maximum absolute atomic E-state index is 13.0. The molecule has 0 radical (unpaired) electrons. The maximum atomic E-state index is 13.0. The van der Waals surface area contributed by atoms with Crippen LogP contribution in [-0.2, 0) is 14.3 Å². The molecule has 2 aliphatic heterocycles. The van der Waals surface area contributed by atoms with Crippen molar-refractivity contribution in [2.75, 3.05) is 13.1 Å². The molecule has 128 valence electrons. The van der Waals surface area contributed by atoms with Crippen molar-refractivity contribution < 1.29 is 14.3 Å². The van der Waals surface area contributed by atoms with Gasteiger partial charge in [0.15, 0.2) is 0 Å². The van der Waals surface area contributed by atoms with E-state index in [1.165, 1.54) is 5.56 Å². The van der Waals surface area contributed by atoms with Crippen LogP contribution in [0, 0.1) is 5.92 Å². The van der Waals surface area contributed by atoms with Crippen LogP contribution in [-0.4, -0.2) is 40.5 Å². The number of hydrogen-bond acceptors (Lipinski definition) is 4. The van der Waals surface area contributed by atoms with Gasteiger partial charge in [0.05, 0.1) is 12.3 Å². The van der Waals surface area contributed by atoms with Gasteiger partial charge in [-0.2, -0.15) is 0 Å². The van der Waals surface area contributed by atoms with Crippen molar-refractivity contribution >= 4 is 11.9 Å². The first-order valence-corrected chi connectivity index (χ1v) is 9.08. The van der Waals surface area contributed by atoms with E-state index in [4.69, 9.17) is 4.74 Å². The van der Waals surface area contributed by atoms with Gasteiger partial charge in [0, 0.05) is 25.5 Å². The van der Waals surface area contributed by atoms with E-state index in [0.717, 1.165) is 51.6 Å². The van der Waals surface area contributed by atoms with Crippen LogP contribution >= 0.6 is 0 Å². The molecular weight excluding hydrogens is 304 g/mol. The predicted octanol–water partition coefficient (Wildman–Crippen LogP) is 2.66. The molecule has 1 amide bonds. The summed E-state index contributed by atoms with van der Waals surface area (Å²) in [5.41, 5.74) is 0.819. The highest BCUT2D eigenvalue weighted by Crippen LogP contribution is 2.46. The lowest BCUT2D eigenvalue weighted by atomic mass is 9.83. The zero-order chi connectivity index (χ0) is 16.6. The number of carbonyl (C=O) groups excluding carboxylic acids is 2. The molecule has 3 fully saturated rings. The number of piperidine rings is 1. The number of aromatic nitrogens is 1. The molecule has 0 unspecified atom stereocenters. The molecule has 4 rings (SSSR count). The normalized spacial score (nSPS) is 26.8. The van der Waals surface area contributed by atoms with E-state index in [2.05, 4.69) is 17.1 Å². The lowest BCUT2D eigenvalue weighted by molar-refractivity contribution is -0.152. The maximum Gasteiger partial charge on any atom is 0.307 e. The van der Waals surface area contributed by atoms with Crippen molar-refractivity contribution in [1.29, 1.82) is 0 Å². The van der Waals surface area contributed by atoms with E-state index in [9.17, 15) is 9.59 Å². The fourth-order valence-electron chi connectivity index (χ4n) is 4.72. The Bertz CT molecular complexity index is 617. The molecule has 24 heavy (non-hydrogen) atoms. The molecule has 3 heterocycles. The van der Waals surface area contributed by atoms with Crippen LogP contribution in [0.15, 0.2) is 24.5 Å². The van der Waals surface area contributed by atoms with Crippen LogP contribution in [0.3, 0.4) is 0 Å². The molecule has 5 heteroatoms. The van der Waals surface area contributed by atoms with Crippen LogP contribution in [0.5, 0.6) is 0 Å². The first-order valence-electron chi connectivity index (χ1n) is 9.08. The largest absolute Gasteiger partial charge is 0.458 e. The first-order chi connectivity index (χ1) is 11.7. The number of pyridine rings is 1. The Balaban J connectivity index is 1.42. The minimum atomic E-state index is -0.490. The summed E-state index contributed by atoms with van der Waals surface area (Å²) < 4.78 is 5.63. The van der Waals surface area contributed by atoms with Crippen molar-refractivity contribution in [3.05, 3.63) is 30.1 Å². The Kier molecular flexibility index (Phi) is 4.02. The summed E-state index contributed by atoms with van der Waals surface area (Å²) in [5, 5.41) is 0. The van der Waals surface area contributed by atoms with Crippen LogP contribution in [0.4, 0.5) is 0 Å². The van der Waals surface area contributed by atoms with E-state index in [-0.39, 0.29) is 24.2 Å². The van der Waals surface area contributed by atoms with Crippen LogP contribution < -0.4 is 0 Å². The first kappa shape index (κ1) is 15.6. The molecule has 0 bridgehead atoms. The number of nitrogens with zero attached hydrogens (tertiary/aromatic N) is 2. The summed E-state index contributed by atoms with van der Waals surface area (Å²) in [5.74, 6) is 0.182. The standard InChI is InChI=1S/C19H24N2O3/c22-17-13-16(19(24-17)7-1-2-8-19)18(23)21-11-5-15(6-12-21)14-3-9-20-10-4-14/h3-4,9-10,15-16H,1-2,5-8,11-13H2/t16-/m1/s1. The molecule has 1 spiro atoms. The van der Waals surface area contributed by atoms with E-state index >= 15 is 0 Å². The summed E-state index contributed by atoms with van der Waals surface area (Å²) in [6.07, 6.45) is 9.70. The number of amides is 1. The van der Waals surface area contributed by atoms with Crippen LogP contribution in [0.25, 0.3) is 0 Å². The zero-order valence-electron chi connectivity index (χ0n) is 13.9. The van der Waals surface area contributed by atoms with Crippen molar-refractivity contribution in [2.24, 2.45) is 5.92 Å². The van der Waals surface area contributed by atoms with Crippen LogP contribution in [0.1, 0.15) is 56.4 Å². The van der Waals surface area contributed by atoms with Gasteiger partial charge in [0.2, 0.25) is 5.91 Å². The minimum Gasteiger partial charge on any atom is -0.458 e. The van der Waals surface area contributed by atoms with Gasteiger partial charge in [0.25, 0.3) is 0 Å². The summed E-state index contributed by atoms with van der Waals surface area (Å²) in [4.78, 5) is 30.9. The van der Waals surface area contributed by atoms with E-state index in [1.54, 1.807) is 0 Å². The Labute approximate surface area is 142 Å². The van der Waals surface area contributed by atoms with E-state index < -0.39 is 5.60 Å². The van der Waals surface area contributed by atoms with E-state index in [1.807, 2.05) is 17.3 Å². The summed E-state index contributed by atoms with van der Waals surface area (Å²) in [6, 6.07) is 4.14. The molecule has 1 atom stereocenters. The summed E-state index contributed by atoms with van der Waals surface area (Å²) in [6.45, 7) is 1.54. The fraction of sp³-hybridized carbons (Fsp3) is 0.632. The molecule has 1 aromatic heterocycles. The van der Waals surface area contributed by atoms with Crippen molar-refractivity contribution in [3.63, 3.8) is 0 Å². The minimum absolute atomic E-state index is 0.135. The second-order valence-corrected chi connectivity index (χ2v) is 7.38. The fourth-order valence-corrected chi connectivity index (χ4v) is 4.72. The predicted molar refractivity (Wildman–Crippen MR) is 88.2 cm³/mol. The SMILES string of the molecule is O=C1C[C@H](C(=O)N2CCC(c3ccncc3)CC2)C2(CCCC2)O1. The second kappa shape index (κ2) is 6.19. The molecule has 5 nitrogen and oxygen atoms in total. The lowest BCUT2D eigenvalue weighted by Crippen LogP contribution is -2.47. The number of likely N-dealkylation sites (tertiary alicyclic amines) is 1. The number of rotatable bonds is 2. The van der Waals surface area contributed by atoms with Gasteiger partial charge in [-0.15, -0.1) is 0 Å². The van der Waals surface area contributed by atoms with Gasteiger partial charge in [-0.1, -0.05) is 0 Å². The van der Waals surface area contributed by atoms with Gasteiger partial charge in [-0.25, -0.2) is 0 Å². The number of esters is 1. The summed E-state index contributed by atoms with van der Waals surface area (Å²) in [7, 11) is 0. The molecular formula is C19H24N2O3. The molecule has 2 saturated heterocycles. The molecule has 3 aliphatic rings. The van der Waals surface area contributed by atoms with Gasteiger partial charge in [-0.3, -0.25) is 14.6 Å². The van der Waals surface area contributed by atoms with Gasteiger partial charge >= 0.3 is 5.97 Å². The Morgan fingerprint density at radius 3 is 2.50 bits per heavy atom. The van der Waals surface area contributed by atoms with Gasteiger partial charge in [0.1, 0.15) is 5.60 Å². The summed E-state index contributed by atoms with van der Waals surface area (Å²) >= 11 is 0. The number of carbonyl (C=O) groups is 2. The molecule has 1 aliphatic carbocycles. The third kappa shape index (κ3) is 2.70. The molecule has 1 saturated carbocycles. The third-order valence-electron chi connectivity index (χ3n) is 6.06.